The average Bonchev–Trinajstić information content (AvgIpc) is 3.27. The van der Waals surface area contributed by atoms with E-state index in [1.807, 2.05) is 18.2 Å². The van der Waals surface area contributed by atoms with Gasteiger partial charge in [0.15, 0.2) is 17.3 Å². The minimum Gasteiger partial charge on any atom is -0.454 e. The van der Waals surface area contributed by atoms with Crippen LogP contribution in [-0.2, 0) is 20.9 Å². The van der Waals surface area contributed by atoms with Gasteiger partial charge in [-0.3, -0.25) is 4.79 Å². The van der Waals surface area contributed by atoms with Gasteiger partial charge in [-0.05, 0) is 24.6 Å². The van der Waals surface area contributed by atoms with E-state index in [-0.39, 0.29) is 25.9 Å². The number of nitrogens with one attached hydrogen (secondary N) is 1. The number of methoxy groups -OCH3 is 1. The number of carbonyl (C=O) groups is 1. The summed E-state index contributed by atoms with van der Waals surface area (Å²) in [6.45, 7) is 1.57. The van der Waals surface area contributed by atoms with Crippen molar-refractivity contribution in [1.29, 1.82) is 0 Å². The van der Waals surface area contributed by atoms with Gasteiger partial charge in [-0.15, -0.1) is 0 Å². The summed E-state index contributed by atoms with van der Waals surface area (Å²) >= 11 is 0. The second kappa shape index (κ2) is 8.50. The van der Waals surface area contributed by atoms with E-state index in [4.69, 9.17) is 23.5 Å². The van der Waals surface area contributed by atoms with Gasteiger partial charge in [0.25, 0.3) is 0 Å². The summed E-state index contributed by atoms with van der Waals surface area (Å²) in [4.78, 5) is 11.6. The molecule has 1 aromatic carbocycles. The van der Waals surface area contributed by atoms with Gasteiger partial charge in [-0.2, -0.15) is 0 Å². The average molecular weight is 348 g/mol. The van der Waals surface area contributed by atoms with Crippen LogP contribution in [0.1, 0.15) is 12.1 Å². The van der Waals surface area contributed by atoms with Crippen LogP contribution < -0.4 is 14.8 Å². The third-order valence-corrected chi connectivity index (χ3v) is 3.55. The summed E-state index contributed by atoms with van der Waals surface area (Å²) in [5.41, 5.74) is 1.44. The third kappa shape index (κ3) is 4.71. The predicted molar refractivity (Wildman–Crippen MR) is 87.2 cm³/mol. The number of amides is 1. The van der Waals surface area contributed by atoms with Gasteiger partial charge < -0.3 is 28.8 Å². The molecule has 2 heterocycles. The number of fused-ring (bicyclic) bond motifs is 1. The highest BCUT2D eigenvalue weighted by molar-refractivity contribution is 5.77. The molecule has 2 aromatic rings. The molecular formula is C17H20N2O6. The Balaban J connectivity index is 1.45. The lowest BCUT2D eigenvalue weighted by Gasteiger charge is -2.04. The fraction of sp³-hybridized carbons (Fsp3) is 0.412. The van der Waals surface area contributed by atoms with Gasteiger partial charge in [0.2, 0.25) is 12.7 Å². The van der Waals surface area contributed by atoms with Crippen LogP contribution in [0.5, 0.6) is 11.5 Å². The van der Waals surface area contributed by atoms with E-state index in [0.717, 1.165) is 12.0 Å². The largest absolute Gasteiger partial charge is 0.454 e. The summed E-state index contributed by atoms with van der Waals surface area (Å²) in [6, 6.07) is 7.30. The Hall–Kier alpha value is -2.58. The highest BCUT2D eigenvalue weighted by atomic mass is 16.7. The van der Waals surface area contributed by atoms with Crippen molar-refractivity contribution in [1.82, 2.24) is 10.5 Å². The van der Waals surface area contributed by atoms with Crippen molar-refractivity contribution in [2.24, 2.45) is 0 Å². The Kier molecular flexibility index (Phi) is 5.86. The quantitative estimate of drug-likeness (QED) is 0.690. The van der Waals surface area contributed by atoms with Gasteiger partial charge in [-0.1, -0.05) is 5.16 Å². The Morgan fingerprint density at radius 2 is 2.16 bits per heavy atom. The first kappa shape index (κ1) is 17.2. The number of rotatable bonds is 9. The molecule has 8 heteroatoms. The van der Waals surface area contributed by atoms with Crippen molar-refractivity contribution in [3.8, 4) is 22.8 Å². The molecule has 1 amide bonds. The van der Waals surface area contributed by atoms with E-state index >= 15 is 0 Å². The monoisotopic (exact) mass is 348 g/mol. The number of hydrogen-bond donors (Lipinski definition) is 1. The molecule has 1 aliphatic rings. The summed E-state index contributed by atoms with van der Waals surface area (Å²) in [6.07, 6.45) is 0.768. The lowest BCUT2D eigenvalue weighted by atomic mass is 10.1. The van der Waals surface area contributed by atoms with Crippen LogP contribution in [0, 0.1) is 0 Å². The molecule has 1 N–H and O–H groups in total. The second-order valence-corrected chi connectivity index (χ2v) is 5.44. The molecule has 0 unspecified atom stereocenters. The predicted octanol–water partition coefficient (Wildman–Crippen LogP) is 1.74. The molecule has 0 bridgehead atoms. The number of nitrogens with zero attached hydrogens (tertiary/aromatic N) is 1. The molecule has 25 heavy (non-hydrogen) atoms. The molecule has 1 aliphatic heterocycles. The highest BCUT2D eigenvalue weighted by Gasteiger charge is 2.16. The molecule has 0 fully saturated rings. The summed E-state index contributed by atoms with van der Waals surface area (Å²) < 4.78 is 26.2. The van der Waals surface area contributed by atoms with Gasteiger partial charge in [-0.25, -0.2) is 0 Å². The molecular weight excluding hydrogens is 328 g/mol. The van der Waals surface area contributed by atoms with Crippen LogP contribution >= 0.6 is 0 Å². The third-order valence-electron chi connectivity index (χ3n) is 3.55. The molecule has 1 aromatic heterocycles. The van der Waals surface area contributed by atoms with Crippen LogP contribution in [0.25, 0.3) is 11.3 Å². The first-order chi connectivity index (χ1) is 12.3. The van der Waals surface area contributed by atoms with Crippen molar-refractivity contribution in [2.45, 2.75) is 13.0 Å². The number of ether oxygens (including phenoxy) is 4. The molecule has 8 nitrogen and oxygen atoms in total. The van der Waals surface area contributed by atoms with Crippen LogP contribution in [0.2, 0.25) is 0 Å². The van der Waals surface area contributed by atoms with E-state index in [1.54, 1.807) is 13.2 Å². The number of aromatic nitrogens is 1. The van der Waals surface area contributed by atoms with Crippen molar-refractivity contribution >= 4 is 5.91 Å². The Bertz CT molecular complexity index is 715. The van der Waals surface area contributed by atoms with Gasteiger partial charge in [0.1, 0.15) is 12.3 Å². The van der Waals surface area contributed by atoms with Crippen LogP contribution in [-0.4, -0.2) is 44.7 Å². The van der Waals surface area contributed by atoms with Gasteiger partial charge in [0.05, 0.1) is 6.61 Å². The smallest absolute Gasteiger partial charge is 0.246 e. The zero-order valence-electron chi connectivity index (χ0n) is 13.9. The molecule has 0 spiro atoms. The molecule has 0 saturated carbocycles. The second-order valence-electron chi connectivity index (χ2n) is 5.44. The zero-order chi connectivity index (χ0) is 17.5. The van der Waals surface area contributed by atoms with Crippen molar-refractivity contribution in [2.75, 3.05) is 33.7 Å². The minimum absolute atomic E-state index is 0.0286. The van der Waals surface area contributed by atoms with Gasteiger partial charge >= 0.3 is 0 Å². The topological polar surface area (TPSA) is 92.1 Å². The Labute approximate surface area is 145 Å². The summed E-state index contributed by atoms with van der Waals surface area (Å²) in [5, 5.41) is 6.69. The molecule has 134 valence electrons. The zero-order valence-corrected chi connectivity index (χ0v) is 13.9. The SMILES string of the molecule is COCCCNC(=O)COCc1cc(-c2ccc3c(c2)OCO3)on1. The first-order valence-electron chi connectivity index (χ1n) is 7.95. The van der Waals surface area contributed by atoms with Crippen molar-refractivity contribution in [3.63, 3.8) is 0 Å². The minimum atomic E-state index is -0.171. The van der Waals surface area contributed by atoms with E-state index in [1.165, 1.54) is 0 Å². The summed E-state index contributed by atoms with van der Waals surface area (Å²) in [5.74, 6) is 1.82. The normalized spacial score (nSPS) is 12.4. The molecule has 0 atom stereocenters. The summed E-state index contributed by atoms with van der Waals surface area (Å²) in [7, 11) is 1.63. The standard InChI is InChI=1S/C17H20N2O6/c1-21-6-2-5-18-17(20)10-22-9-13-8-15(25-19-13)12-3-4-14-16(7-12)24-11-23-14/h3-4,7-8H,2,5-6,9-11H2,1H3,(H,18,20). The maximum absolute atomic E-state index is 11.6. The van der Waals surface area contributed by atoms with Crippen LogP contribution in [0.4, 0.5) is 0 Å². The van der Waals surface area contributed by atoms with E-state index in [0.29, 0.717) is 36.1 Å². The van der Waals surface area contributed by atoms with Crippen LogP contribution in [0.15, 0.2) is 28.8 Å². The number of hydrogen-bond acceptors (Lipinski definition) is 7. The van der Waals surface area contributed by atoms with Crippen LogP contribution in [0.3, 0.4) is 0 Å². The van der Waals surface area contributed by atoms with E-state index in [9.17, 15) is 4.79 Å². The number of benzene rings is 1. The van der Waals surface area contributed by atoms with Gasteiger partial charge in [0, 0.05) is 31.9 Å². The van der Waals surface area contributed by atoms with E-state index in [2.05, 4.69) is 10.5 Å². The molecule has 0 aliphatic carbocycles. The van der Waals surface area contributed by atoms with E-state index < -0.39 is 0 Å². The lowest BCUT2D eigenvalue weighted by Crippen LogP contribution is -2.29. The maximum atomic E-state index is 11.6. The van der Waals surface area contributed by atoms with Crippen molar-refractivity contribution in [3.05, 3.63) is 30.0 Å². The van der Waals surface area contributed by atoms with Crippen molar-refractivity contribution < 1.29 is 28.3 Å². The Morgan fingerprint density at radius 1 is 1.28 bits per heavy atom. The Morgan fingerprint density at radius 3 is 3.04 bits per heavy atom. The maximum Gasteiger partial charge on any atom is 0.246 e. The lowest BCUT2D eigenvalue weighted by molar-refractivity contribution is -0.126. The molecule has 0 saturated heterocycles. The fourth-order valence-electron chi connectivity index (χ4n) is 2.31. The molecule has 3 rings (SSSR count). The number of carbonyl (C=O) groups excluding carboxylic acids is 1. The fourth-order valence-corrected chi connectivity index (χ4v) is 2.31. The first-order valence-corrected chi connectivity index (χ1v) is 7.95. The highest BCUT2D eigenvalue weighted by Crippen LogP contribution is 2.36. The molecule has 0 radical (unpaired) electrons.